The fourth-order valence-electron chi connectivity index (χ4n) is 4.38. The number of aryl methyl sites for hydroxylation is 2. The highest BCUT2D eigenvalue weighted by Gasteiger charge is 2.31. The van der Waals surface area contributed by atoms with Crippen molar-refractivity contribution in [2.24, 2.45) is 0 Å². The number of nitrogens with one attached hydrogen (secondary N) is 1. The van der Waals surface area contributed by atoms with Crippen LogP contribution in [0.1, 0.15) is 41.3 Å². The second-order valence-corrected chi connectivity index (χ2v) is 12.1. The van der Waals surface area contributed by atoms with Gasteiger partial charge in [0.15, 0.2) is 0 Å². The summed E-state index contributed by atoms with van der Waals surface area (Å²) in [6.07, 6.45) is 4.14. The monoisotopic (exact) mass is 491 g/mol. The number of sulfonamides is 2. The first-order chi connectivity index (χ1) is 15.7. The molecule has 4 rings (SSSR count). The Morgan fingerprint density at radius 1 is 0.848 bits per heavy atom. The lowest BCUT2D eigenvalue weighted by Crippen LogP contribution is -2.50. The highest BCUT2D eigenvalue weighted by Crippen LogP contribution is 2.26. The molecule has 1 aliphatic carbocycles. The molecule has 2 aromatic carbocycles. The molecule has 1 heterocycles. The Labute approximate surface area is 195 Å². The molecule has 1 saturated heterocycles. The fourth-order valence-corrected chi connectivity index (χ4v) is 6.90. The molecule has 10 heteroatoms. The van der Waals surface area contributed by atoms with Crippen molar-refractivity contribution in [2.45, 2.75) is 42.4 Å². The van der Waals surface area contributed by atoms with Gasteiger partial charge in [-0.3, -0.25) is 4.79 Å². The summed E-state index contributed by atoms with van der Waals surface area (Å²) in [6.45, 7) is 2.97. The van der Waals surface area contributed by atoms with Crippen molar-refractivity contribution in [1.82, 2.24) is 13.9 Å². The van der Waals surface area contributed by atoms with Gasteiger partial charge < -0.3 is 4.90 Å². The van der Waals surface area contributed by atoms with E-state index in [0.717, 1.165) is 31.2 Å². The average molecular weight is 492 g/mol. The molecule has 1 fully saturated rings. The van der Waals surface area contributed by atoms with Crippen LogP contribution < -0.4 is 4.72 Å². The summed E-state index contributed by atoms with van der Waals surface area (Å²) in [6, 6.07) is 11.2. The first-order valence-corrected chi connectivity index (χ1v) is 14.2. The van der Waals surface area contributed by atoms with E-state index in [1.165, 1.54) is 34.1 Å². The molecule has 0 saturated carbocycles. The number of nitrogens with zero attached hydrogens (tertiary/aromatic N) is 2. The van der Waals surface area contributed by atoms with Gasteiger partial charge >= 0.3 is 0 Å². The molecule has 33 heavy (non-hydrogen) atoms. The van der Waals surface area contributed by atoms with Gasteiger partial charge in [0.1, 0.15) is 0 Å². The maximum absolute atomic E-state index is 13.2. The zero-order chi connectivity index (χ0) is 23.6. The van der Waals surface area contributed by atoms with E-state index in [1.54, 1.807) is 17.9 Å². The summed E-state index contributed by atoms with van der Waals surface area (Å²) < 4.78 is 54.3. The summed E-state index contributed by atoms with van der Waals surface area (Å²) in [5.41, 5.74) is 2.73. The molecule has 0 spiro atoms. The third kappa shape index (κ3) is 4.98. The van der Waals surface area contributed by atoms with Crippen LogP contribution in [0.2, 0.25) is 0 Å². The van der Waals surface area contributed by atoms with Crippen LogP contribution in [0.4, 0.5) is 0 Å². The number of rotatable bonds is 6. The van der Waals surface area contributed by atoms with Crippen LogP contribution in [0, 0.1) is 0 Å². The summed E-state index contributed by atoms with van der Waals surface area (Å²) >= 11 is 0. The van der Waals surface area contributed by atoms with Gasteiger partial charge in [-0.05, 0) is 73.2 Å². The number of fused-ring (bicyclic) bond motifs is 1. The van der Waals surface area contributed by atoms with Crippen LogP contribution in [0.25, 0.3) is 0 Å². The lowest BCUT2D eigenvalue weighted by atomic mass is 9.92. The SMILES string of the molecule is CCNS(=O)(=O)c1ccc(C(=O)N2CCN(S(=O)(=O)c3ccc4c(c3)CCCC4)CC2)cc1. The van der Waals surface area contributed by atoms with Crippen molar-refractivity contribution in [3.8, 4) is 0 Å². The first-order valence-electron chi connectivity index (χ1n) is 11.2. The van der Waals surface area contributed by atoms with Crippen molar-refractivity contribution >= 4 is 26.0 Å². The fraction of sp³-hybridized carbons (Fsp3) is 0.435. The normalized spacial score (nSPS) is 17.5. The second kappa shape index (κ2) is 9.54. The van der Waals surface area contributed by atoms with Crippen molar-refractivity contribution in [2.75, 3.05) is 32.7 Å². The molecule has 1 aliphatic heterocycles. The van der Waals surface area contributed by atoms with Gasteiger partial charge in [0, 0.05) is 38.3 Å². The Morgan fingerprint density at radius 3 is 2.09 bits per heavy atom. The molecule has 178 valence electrons. The van der Waals surface area contributed by atoms with E-state index in [-0.39, 0.29) is 43.5 Å². The van der Waals surface area contributed by atoms with Crippen LogP contribution in [0.3, 0.4) is 0 Å². The zero-order valence-corrected chi connectivity index (χ0v) is 20.3. The topological polar surface area (TPSA) is 104 Å². The largest absolute Gasteiger partial charge is 0.336 e. The van der Waals surface area contributed by atoms with Gasteiger partial charge in [-0.15, -0.1) is 0 Å². The third-order valence-electron chi connectivity index (χ3n) is 6.23. The Morgan fingerprint density at radius 2 is 1.45 bits per heavy atom. The highest BCUT2D eigenvalue weighted by atomic mass is 32.2. The molecule has 8 nitrogen and oxygen atoms in total. The van der Waals surface area contributed by atoms with E-state index >= 15 is 0 Å². The zero-order valence-electron chi connectivity index (χ0n) is 18.7. The molecule has 1 amide bonds. The minimum Gasteiger partial charge on any atom is -0.336 e. The molecular formula is C23H29N3O5S2. The Kier molecular flexibility index (Phi) is 6.90. The van der Waals surface area contributed by atoms with E-state index < -0.39 is 20.0 Å². The molecule has 0 aromatic heterocycles. The number of amides is 1. The minimum absolute atomic E-state index is 0.0989. The number of hydrogen-bond acceptors (Lipinski definition) is 5. The van der Waals surface area contributed by atoms with Crippen LogP contribution in [0.5, 0.6) is 0 Å². The summed E-state index contributed by atoms with van der Waals surface area (Å²) in [4.78, 5) is 14.9. The van der Waals surface area contributed by atoms with Crippen LogP contribution in [-0.2, 0) is 32.9 Å². The lowest BCUT2D eigenvalue weighted by molar-refractivity contribution is 0.0698. The van der Waals surface area contributed by atoms with E-state index in [0.29, 0.717) is 10.5 Å². The standard InChI is InChI=1S/C23H29N3O5S2/c1-2-24-32(28,29)21-10-8-19(9-11-21)23(27)25-13-15-26(16-14-25)33(30,31)22-12-7-18-5-3-4-6-20(18)17-22/h7-12,17,24H,2-6,13-16H2,1H3. The van der Waals surface area contributed by atoms with Gasteiger partial charge in [0.25, 0.3) is 5.91 Å². The summed E-state index contributed by atoms with van der Waals surface area (Å²) in [7, 11) is -7.20. The first kappa shape index (κ1) is 23.9. The number of hydrogen-bond donors (Lipinski definition) is 1. The molecule has 0 atom stereocenters. The average Bonchev–Trinajstić information content (AvgIpc) is 2.83. The highest BCUT2D eigenvalue weighted by molar-refractivity contribution is 7.89. The minimum atomic E-state index is -3.62. The van der Waals surface area contributed by atoms with Gasteiger partial charge in [-0.25, -0.2) is 21.6 Å². The predicted octanol–water partition coefficient (Wildman–Crippen LogP) is 2.01. The summed E-state index contributed by atoms with van der Waals surface area (Å²) in [5, 5.41) is 0. The van der Waals surface area contributed by atoms with E-state index in [4.69, 9.17) is 0 Å². The Balaban J connectivity index is 1.41. The van der Waals surface area contributed by atoms with Gasteiger partial charge in [-0.1, -0.05) is 13.0 Å². The molecule has 0 bridgehead atoms. The summed E-state index contributed by atoms with van der Waals surface area (Å²) in [5.74, 6) is -0.242. The van der Waals surface area contributed by atoms with Gasteiger partial charge in [0.2, 0.25) is 20.0 Å². The number of piperazine rings is 1. The van der Waals surface area contributed by atoms with Crippen LogP contribution in [0.15, 0.2) is 52.3 Å². The molecule has 2 aliphatic rings. The quantitative estimate of drug-likeness (QED) is 0.666. The third-order valence-corrected chi connectivity index (χ3v) is 9.69. The molecule has 1 N–H and O–H groups in total. The number of carbonyl (C=O) groups excluding carboxylic acids is 1. The lowest BCUT2D eigenvalue weighted by Gasteiger charge is -2.34. The van der Waals surface area contributed by atoms with Gasteiger partial charge in [0.05, 0.1) is 9.79 Å². The van der Waals surface area contributed by atoms with E-state index in [9.17, 15) is 21.6 Å². The Hall–Kier alpha value is -2.27. The molecule has 0 radical (unpaired) electrons. The van der Waals surface area contributed by atoms with Crippen LogP contribution in [-0.4, -0.2) is 64.7 Å². The smallest absolute Gasteiger partial charge is 0.253 e. The van der Waals surface area contributed by atoms with Crippen molar-refractivity contribution in [1.29, 1.82) is 0 Å². The maximum atomic E-state index is 13.2. The molecule has 2 aromatic rings. The van der Waals surface area contributed by atoms with Crippen molar-refractivity contribution in [3.05, 3.63) is 59.2 Å². The predicted molar refractivity (Wildman–Crippen MR) is 125 cm³/mol. The van der Waals surface area contributed by atoms with Gasteiger partial charge in [-0.2, -0.15) is 4.31 Å². The van der Waals surface area contributed by atoms with Crippen molar-refractivity contribution < 1.29 is 21.6 Å². The van der Waals surface area contributed by atoms with Crippen LogP contribution >= 0.6 is 0 Å². The second-order valence-electron chi connectivity index (χ2n) is 8.36. The number of carbonyl (C=O) groups is 1. The van der Waals surface area contributed by atoms with E-state index in [1.807, 2.05) is 12.1 Å². The molecule has 0 unspecified atom stereocenters. The van der Waals surface area contributed by atoms with E-state index in [2.05, 4.69) is 4.72 Å². The Bertz CT molecular complexity index is 1230. The van der Waals surface area contributed by atoms with Crippen molar-refractivity contribution in [3.63, 3.8) is 0 Å². The molecular weight excluding hydrogens is 462 g/mol. The maximum Gasteiger partial charge on any atom is 0.253 e. The number of benzene rings is 2.